The van der Waals surface area contributed by atoms with Gasteiger partial charge in [0.05, 0.1) is 13.2 Å². The molecule has 1 amide bonds. The molecule has 2 aliphatic heterocycles. The second-order valence-electron chi connectivity index (χ2n) is 5.76. The predicted octanol–water partition coefficient (Wildman–Crippen LogP) is 0.864. The molecule has 1 atom stereocenters. The topological polar surface area (TPSA) is 53.0 Å². The highest BCUT2D eigenvalue weighted by Gasteiger charge is 2.29. The first-order chi connectivity index (χ1) is 10.3. The zero-order chi connectivity index (χ0) is 14.7. The zero-order valence-electron chi connectivity index (χ0n) is 12.2. The Bertz CT molecular complexity index is 500. The van der Waals surface area contributed by atoms with Crippen LogP contribution in [0.2, 0.25) is 0 Å². The number of ether oxygens (including phenoxy) is 1. The second kappa shape index (κ2) is 6.45. The van der Waals surface area contributed by atoms with E-state index in [0.717, 1.165) is 26.3 Å². The molecule has 1 N–H and O–H groups in total. The fraction of sp³-hybridized carbons (Fsp3) is 0.562. The largest absolute Gasteiger partial charge is 0.396 e. The third-order valence-corrected chi connectivity index (χ3v) is 4.26. The molecule has 3 rings (SSSR count). The minimum absolute atomic E-state index is 0.0906. The Morgan fingerprint density at radius 2 is 2.00 bits per heavy atom. The van der Waals surface area contributed by atoms with Gasteiger partial charge in [-0.1, -0.05) is 18.2 Å². The van der Waals surface area contributed by atoms with Gasteiger partial charge in [0, 0.05) is 50.8 Å². The standard InChI is InChI=1S/C16H22N2O3/c19-12-13-9-16(20)18(10-13)11-14-3-1-2-4-15(14)17-5-7-21-8-6-17/h1-4,13,19H,5-12H2. The van der Waals surface area contributed by atoms with Crippen molar-refractivity contribution in [2.24, 2.45) is 5.92 Å². The molecule has 2 saturated heterocycles. The predicted molar refractivity (Wildman–Crippen MR) is 80.1 cm³/mol. The fourth-order valence-corrected chi connectivity index (χ4v) is 3.09. The average molecular weight is 290 g/mol. The summed E-state index contributed by atoms with van der Waals surface area (Å²) in [5.74, 6) is 0.235. The number of aliphatic hydroxyl groups is 1. The zero-order valence-corrected chi connectivity index (χ0v) is 12.2. The molecule has 0 spiro atoms. The van der Waals surface area contributed by atoms with E-state index < -0.39 is 0 Å². The summed E-state index contributed by atoms with van der Waals surface area (Å²) >= 11 is 0. The quantitative estimate of drug-likeness (QED) is 0.894. The smallest absolute Gasteiger partial charge is 0.223 e. The van der Waals surface area contributed by atoms with Crippen LogP contribution < -0.4 is 4.90 Å². The number of morpholine rings is 1. The van der Waals surface area contributed by atoms with E-state index in [9.17, 15) is 9.90 Å². The highest BCUT2D eigenvalue weighted by Crippen LogP contribution is 2.26. The van der Waals surface area contributed by atoms with E-state index in [-0.39, 0.29) is 18.4 Å². The van der Waals surface area contributed by atoms with Crippen molar-refractivity contribution in [3.05, 3.63) is 29.8 Å². The monoisotopic (exact) mass is 290 g/mol. The number of carbonyl (C=O) groups is 1. The van der Waals surface area contributed by atoms with Crippen molar-refractivity contribution in [3.63, 3.8) is 0 Å². The van der Waals surface area contributed by atoms with E-state index in [1.165, 1.54) is 11.3 Å². The first kappa shape index (κ1) is 14.4. The Morgan fingerprint density at radius 3 is 2.71 bits per heavy atom. The molecule has 1 unspecified atom stereocenters. The molecule has 1 aromatic carbocycles. The van der Waals surface area contributed by atoms with Gasteiger partial charge in [0.2, 0.25) is 5.91 Å². The lowest BCUT2D eigenvalue weighted by molar-refractivity contribution is -0.128. The summed E-state index contributed by atoms with van der Waals surface area (Å²) in [7, 11) is 0. The van der Waals surface area contributed by atoms with E-state index in [2.05, 4.69) is 17.0 Å². The molecule has 21 heavy (non-hydrogen) atoms. The summed E-state index contributed by atoms with van der Waals surface area (Å²) in [6.07, 6.45) is 0.468. The normalized spacial score (nSPS) is 22.9. The molecule has 5 nitrogen and oxygen atoms in total. The van der Waals surface area contributed by atoms with Crippen LogP contribution >= 0.6 is 0 Å². The number of aliphatic hydroxyl groups excluding tert-OH is 1. The van der Waals surface area contributed by atoms with Gasteiger partial charge in [-0.3, -0.25) is 4.79 Å². The number of anilines is 1. The van der Waals surface area contributed by atoms with Crippen molar-refractivity contribution >= 4 is 11.6 Å². The van der Waals surface area contributed by atoms with Crippen LogP contribution in [-0.2, 0) is 16.1 Å². The molecule has 0 radical (unpaired) electrons. The second-order valence-corrected chi connectivity index (χ2v) is 5.76. The van der Waals surface area contributed by atoms with Gasteiger partial charge in [-0.15, -0.1) is 0 Å². The molecule has 5 heteroatoms. The summed E-state index contributed by atoms with van der Waals surface area (Å²) in [4.78, 5) is 16.2. The Kier molecular flexibility index (Phi) is 4.41. The average Bonchev–Trinajstić information content (AvgIpc) is 2.89. The number of hydrogen-bond acceptors (Lipinski definition) is 4. The van der Waals surface area contributed by atoms with E-state index >= 15 is 0 Å². The van der Waals surface area contributed by atoms with Gasteiger partial charge in [-0.25, -0.2) is 0 Å². The SMILES string of the molecule is O=C1CC(CO)CN1Cc1ccccc1N1CCOCC1. The fourth-order valence-electron chi connectivity index (χ4n) is 3.09. The van der Waals surface area contributed by atoms with E-state index in [4.69, 9.17) is 4.74 Å². The van der Waals surface area contributed by atoms with E-state index in [0.29, 0.717) is 19.5 Å². The van der Waals surface area contributed by atoms with Gasteiger partial charge in [0.1, 0.15) is 0 Å². The van der Waals surface area contributed by atoms with Crippen LogP contribution in [0.5, 0.6) is 0 Å². The van der Waals surface area contributed by atoms with Gasteiger partial charge in [-0.2, -0.15) is 0 Å². The number of benzene rings is 1. The summed E-state index contributed by atoms with van der Waals surface area (Å²) in [6, 6.07) is 8.26. The number of likely N-dealkylation sites (tertiary alicyclic amines) is 1. The molecule has 0 saturated carbocycles. The lowest BCUT2D eigenvalue weighted by atomic mass is 10.1. The van der Waals surface area contributed by atoms with Crippen molar-refractivity contribution < 1.29 is 14.6 Å². The van der Waals surface area contributed by atoms with Gasteiger partial charge >= 0.3 is 0 Å². The number of carbonyl (C=O) groups excluding carboxylic acids is 1. The van der Waals surface area contributed by atoms with Crippen molar-refractivity contribution in [3.8, 4) is 0 Å². The van der Waals surface area contributed by atoms with Gasteiger partial charge in [0.15, 0.2) is 0 Å². The van der Waals surface area contributed by atoms with Crippen molar-refractivity contribution in [2.45, 2.75) is 13.0 Å². The van der Waals surface area contributed by atoms with Gasteiger partial charge < -0.3 is 19.6 Å². The summed E-state index contributed by atoms with van der Waals surface area (Å²) in [6.45, 7) is 4.67. The molecule has 2 heterocycles. The molecule has 1 aromatic rings. The van der Waals surface area contributed by atoms with Crippen molar-refractivity contribution in [1.82, 2.24) is 4.90 Å². The maximum Gasteiger partial charge on any atom is 0.223 e. The Labute approximate surface area is 125 Å². The number of rotatable bonds is 4. The lowest BCUT2D eigenvalue weighted by Crippen LogP contribution is -2.37. The highest BCUT2D eigenvalue weighted by atomic mass is 16.5. The maximum absolute atomic E-state index is 12.0. The molecule has 0 bridgehead atoms. The van der Waals surface area contributed by atoms with Crippen LogP contribution in [0.1, 0.15) is 12.0 Å². The summed E-state index contributed by atoms with van der Waals surface area (Å²) in [5, 5.41) is 9.23. The first-order valence-corrected chi connectivity index (χ1v) is 7.57. The molecule has 2 fully saturated rings. The van der Waals surface area contributed by atoms with Gasteiger partial charge in [0.25, 0.3) is 0 Å². The van der Waals surface area contributed by atoms with Crippen LogP contribution in [0.3, 0.4) is 0 Å². The number of para-hydroxylation sites is 1. The van der Waals surface area contributed by atoms with Gasteiger partial charge in [-0.05, 0) is 11.6 Å². The minimum atomic E-state index is 0.0906. The molecule has 0 aliphatic carbocycles. The minimum Gasteiger partial charge on any atom is -0.396 e. The Balaban J connectivity index is 1.74. The van der Waals surface area contributed by atoms with Crippen LogP contribution in [0.15, 0.2) is 24.3 Å². The number of nitrogens with zero attached hydrogens (tertiary/aromatic N) is 2. The van der Waals surface area contributed by atoms with Crippen LogP contribution in [0.25, 0.3) is 0 Å². The van der Waals surface area contributed by atoms with E-state index in [1.54, 1.807) is 0 Å². The third kappa shape index (κ3) is 3.19. The Morgan fingerprint density at radius 1 is 1.24 bits per heavy atom. The number of hydrogen-bond donors (Lipinski definition) is 1. The van der Waals surface area contributed by atoms with Crippen LogP contribution in [-0.4, -0.2) is 55.4 Å². The first-order valence-electron chi connectivity index (χ1n) is 7.57. The molecular weight excluding hydrogens is 268 g/mol. The molecular formula is C16H22N2O3. The summed E-state index contributed by atoms with van der Waals surface area (Å²) in [5.41, 5.74) is 2.37. The lowest BCUT2D eigenvalue weighted by Gasteiger charge is -2.31. The maximum atomic E-state index is 12.0. The Hall–Kier alpha value is -1.59. The number of amides is 1. The summed E-state index contributed by atoms with van der Waals surface area (Å²) < 4.78 is 5.41. The van der Waals surface area contributed by atoms with Crippen LogP contribution in [0.4, 0.5) is 5.69 Å². The van der Waals surface area contributed by atoms with E-state index in [1.807, 2.05) is 17.0 Å². The van der Waals surface area contributed by atoms with Crippen LogP contribution in [0, 0.1) is 5.92 Å². The third-order valence-electron chi connectivity index (χ3n) is 4.26. The molecule has 2 aliphatic rings. The van der Waals surface area contributed by atoms with Crippen molar-refractivity contribution in [1.29, 1.82) is 0 Å². The van der Waals surface area contributed by atoms with Crippen molar-refractivity contribution in [2.75, 3.05) is 44.4 Å². The molecule has 0 aromatic heterocycles. The highest BCUT2D eigenvalue weighted by molar-refractivity contribution is 5.78. The molecule has 114 valence electrons.